The van der Waals surface area contributed by atoms with E-state index in [1.54, 1.807) is 24.1 Å². The van der Waals surface area contributed by atoms with Crippen molar-refractivity contribution in [1.82, 2.24) is 15.0 Å². The van der Waals surface area contributed by atoms with Gasteiger partial charge in [-0.25, -0.2) is 0 Å². The van der Waals surface area contributed by atoms with Crippen LogP contribution < -0.4 is 9.47 Å². The van der Waals surface area contributed by atoms with Crippen molar-refractivity contribution in [2.75, 3.05) is 27.3 Å². The SMILES string of the molecule is COc1ccc(CCN(CCc2nc(-c3cccc([N+](=O)[O-])c3)no2)C(=O)c2cccc([N+](=O)[O-])c2)cc1OC. The van der Waals surface area contributed by atoms with Gasteiger partial charge in [-0.15, -0.1) is 0 Å². The normalized spacial score (nSPS) is 10.7. The van der Waals surface area contributed by atoms with Crippen LogP contribution in [0.5, 0.6) is 11.5 Å². The molecule has 13 nitrogen and oxygen atoms in total. The molecule has 0 fully saturated rings. The maximum absolute atomic E-state index is 13.4. The number of hydrogen-bond donors (Lipinski definition) is 0. The minimum absolute atomic E-state index is 0.104. The first-order valence-electron chi connectivity index (χ1n) is 12.1. The molecule has 4 aromatic rings. The van der Waals surface area contributed by atoms with Crippen molar-refractivity contribution in [2.45, 2.75) is 12.8 Å². The number of nitro groups is 2. The van der Waals surface area contributed by atoms with Crippen LogP contribution >= 0.6 is 0 Å². The molecule has 1 aromatic heterocycles. The van der Waals surface area contributed by atoms with Gasteiger partial charge in [0.25, 0.3) is 17.3 Å². The Morgan fingerprint density at radius 3 is 2.25 bits per heavy atom. The average molecular weight is 548 g/mol. The van der Waals surface area contributed by atoms with Crippen molar-refractivity contribution < 1.29 is 28.6 Å². The van der Waals surface area contributed by atoms with Crippen LogP contribution in [0.25, 0.3) is 11.4 Å². The number of aromatic nitrogens is 2. The van der Waals surface area contributed by atoms with Crippen LogP contribution in [0.3, 0.4) is 0 Å². The van der Waals surface area contributed by atoms with Crippen molar-refractivity contribution in [3.63, 3.8) is 0 Å². The molecule has 4 rings (SSSR count). The van der Waals surface area contributed by atoms with Gasteiger partial charge in [-0.3, -0.25) is 25.0 Å². The molecule has 0 aliphatic heterocycles. The highest BCUT2D eigenvalue weighted by Gasteiger charge is 2.20. The highest BCUT2D eigenvalue weighted by molar-refractivity contribution is 5.94. The predicted octanol–water partition coefficient (Wildman–Crippen LogP) is 4.50. The molecular formula is C27H25N5O8. The number of carbonyl (C=O) groups excluding carboxylic acids is 1. The number of non-ortho nitro benzene ring substituents is 2. The van der Waals surface area contributed by atoms with Gasteiger partial charge >= 0.3 is 0 Å². The standard InChI is InChI=1S/C27H25N5O8/c1-38-23-10-9-18(15-24(23)39-2)11-13-30(27(33)20-6-4-8-22(17-20)32(36)37)14-12-25-28-26(29-40-25)19-5-3-7-21(16-19)31(34)35/h3-10,15-17H,11-14H2,1-2H3. The molecule has 0 saturated carbocycles. The van der Waals surface area contributed by atoms with Gasteiger partial charge < -0.3 is 18.9 Å². The van der Waals surface area contributed by atoms with E-state index in [0.29, 0.717) is 23.5 Å². The third-order valence-electron chi connectivity index (χ3n) is 6.09. The first-order chi connectivity index (χ1) is 19.3. The van der Waals surface area contributed by atoms with E-state index in [1.165, 1.54) is 49.6 Å². The van der Waals surface area contributed by atoms with Crippen LogP contribution in [-0.2, 0) is 12.8 Å². The Kier molecular flexibility index (Phi) is 8.64. The van der Waals surface area contributed by atoms with E-state index in [9.17, 15) is 25.0 Å². The summed E-state index contributed by atoms with van der Waals surface area (Å²) in [6.45, 7) is 0.453. The summed E-state index contributed by atoms with van der Waals surface area (Å²) >= 11 is 0. The lowest BCUT2D eigenvalue weighted by atomic mass is 10.1. The van der Waals surface area contributed by atoms with Crippen molar-refractivity contribution in [3.8, 4) is 22.9 Å². The number of nitrogens with zero attached hydrogens (tertiary/aromatic N) is 5. The van der Waals surface area contributed by atoms with Gasteiger partial charge in [0, 0.05) is 54.9 Å². The Hall–Kier alpha value is -5.33. The monoisotopic (exact) mass is 547 g/mol. The summed E-state index contributed by atoms with van der Waals surface area (Å²) in [6.07, 6.45) is 0.651. The molecule has 0 spiro atoms. The van der Waals surface area contributed by atoms with E-state index in [-0.39, 0.29) is 48.2 Å². The molecule has 3 aromatic carbocycles. The Morgan fingerprint density at radius 1 is 0.875 bits per heavy atom. The number of ether oxygens (including phenoxy) is 2. The molecule has 0 N–H and O–H groups in total. The fraction of sp³-hybridized carbons (Fsp3) is 0.222. The number of benzene rings is 3. The van der Waals surface area contributed by atoms with Crippen LogP contribution in [0.4, 0.5) is 11.4 Å². The molecule has 0 saturated heterocycles. The Bertz CT molecular complexity index is 1540. The fourth-order valence-corrected chi connectivity index (χ4v) is 4.01. The predicted molar refractivity (Wildman–Crippen MR) is 142 cm³/mol. The van der Waals surface area contributed by atoms with Crippen LogP contribution in [0.2, 0.25) is 0 Å². The highest BCUT2D eigenvalue weighted by atomic mass is 16.6. The summed E-state index contributed by atoms with van der Waals surface area (Å²) in [4.78, 5) is 40.6. The minimum Gasteiger partial charge on any atom is -0.493 e. The minimum atomic E-state index is -0.557. The van der Waals surface area contributed by atoms with E-state index in [0.717, 1.165) is 5.56 Å². The molecule has 0 atom stereocenters. The maximum Gasteiger partial charge on any atom is 0.270 e. The summed E-state index contributed by atoms with van der Waals surface area (Å²) < 4.78 is 16.0. The van der Waals surface area contributed by atoms with E-state index in [2.05, 4.69) is 10.1 Å². The average Bonchev–Trinajstić information content (AvgIpc) is 3.46. The van der Waals surface area contributed by atoms with Crippen molar-refractivity contribution in [3.05, 3.63) is 104 Å². The van der Waals surface area contributed by atoms with Gasteiger partial charge in [0.1, 0.15) is 0 Å². The number of methoxy groups -OCH3 is 2. The first-order valence-corrected chi connectivity index (χ1v) is 12.1. The molecule has 0 aliphatic carbocycles. The number of carbonyl (C=O) groups is 1. The van der Waals surface area contributed by atoms with Gasteiger partial charge in [-0.2, -0.15) is 4.98 Å². The van der Waals surface area contributed by atoms with Gasteiger partial charge in [0.2, 0.25) is 11.7 Å². The van der Waals surface area contributed by atoms with Crippen LogP contribution in [-0.4, -0.2) is 58.1 Å². The molecule has 1 heterocycles. The number of rotatable bonds is 12. The second kappa shape index (κ2) is 12.5. The topological polar surface area (TPSA) is 164 Å². The van der Waals surface area contributed by atoms with E-state index >= 15 is 0 Å². The molecule has 0 aliphatic rings. The third-order valence-corrected chi connectivity index (χ3v) is 6.09. The number of amides is 1. The second-order valence-corrected chi connectivity index (χ2v) is 8.61. The Morgan fingerprint density at radius 2 is 1.55 bits per heavy atom. The maximum atomic E-state index is 13.4. The number of hydrogen-bond acceptors (Lipinski definition) is 10. The summed E-state index contributed by atoms with van der Waals surface area (Å²) in [5, 5.41) is 26.3. The van der Waals surface area contributed by atoms with Crippen molar-refractivity contribution in [1.29, 1.82) is 0 Å². The first kappa shape index (κ1) is 27.7. The fourth-order valence-electron chi connectivity index (χ4n) is 4.01. The quantitative estimate of drug-likeness (QED) is 0.182. The summed E-state index contributed by atoms with van der Waals surface area (Å²) in [7, 11) is 3.07. The number of nitro benzene ring substituents is 2. The summed E-state index contributed by atoms with van der Waals surface area (Å²) in [5.74, 6) is 1.13. The zero-order chi connectivity index (χ0) is 28.6. The lowest BCUT2D eigenvalue weighted by Gasteiger charge is -2.22. The lowest BCUT2D eigenvalue weighted by molar-refractivity contribution is -0.385. The summed E-state index contributed by atoms with van der Waals surface area (Å²) in [6, 6.07) is 16.8. The van der Waals surface area contributed by atoms with Crippen LogP contribution in [0.15, 0.2) is 71.3 Å². The molecule has 1 amide bonds. The van der Waals surface area contributed by atoms with Crippen LogP contribution in [0, 0.1) is 20.2 Å². The smallest absolute Gasteiger partial charge is 0.270 e. The molecule has 0 bridgehead atoms. The highest BCUT2D eigenvalue weighted by Crippen LogP contribution is 2.28. The van der Waals surface area contributed by atoms with E-state index < -0.39 is 15.8 Å². The van der Waals surface area contributed by atoms with Gasteiger partial charge in [-0.1, -0.05) is 29.4 Å². The summed E-state index contributed by atoms with van der Waals surface area (Å²) in [5.41, 5.74) is 1.18. The van der Waals surface area contributed by atoms with E-state index in [4.69, 9.17) is 14.0 Å². The molecule has 13 heteroatoms. The molecule has 206 valence electrons. The van der Waals surface area contributed by atoms with Crippen molar-refractivity contribution >= 4 is 17.3 Å². The molecule has 0 radical (unpaired) electrons. The zero-order valence-electron chi connectivity index (χ0n) is 21.7. The molecule has 40 heavy (non-hydrogen) atoms. The largest absolute Gasteiger partial charge is 0.493 e. The van der Waals surface area contributed by atoms with Gasteiger partial charge in [0.05, 0.1) is 24.1 Å². The van der Waals surface area contributed by atoms with Crippen molar-refractivity contribution in [2.24, 2.45) is 0 Å². The lowest BCUT2D eigenvalue weighted by Crippen LogP contribution is -2.35. The Labute approximate surface area is 228 Å². The van der Waals surface area contributed by atoms with Gasteiger partial charge in [0.15, 0.2) is 11.5 Å². The molecule has 0 unspecified atom stereocenters. The third kappa shape index (κ3) is 6.56. The van der Waals surface area contributed by atoms with Gasteiger partial charge in [-0.05, 0) is 30.2 Å². The Balaban J connectivity index is 1.53. The molecular weight excluding hydrogens is 522 g/mol. The second-order valence-electron chi connectivity index (χ2n) is 8.61. The van der Waals surface area contributed by atoms with Crippen LogP contribution in [0.1, 0.15) is 21.8 Å². The zero-order valence-corrected chi connectivity index (χ0v) is 21.7. The van der Waals surface area contributed by atoms with E-state index in [1.807, 2.05) is 12.1 Å².